The predicted molar refractivity (Wildman–Crippen MR) is 91.5 cm³/mol. The average Bonchev–Trinajstić information content (AvgIpc) is 2.97. The van der Waals surface area contributed by atoms with E-state index in [9.17, 15) is 8.78 Å². The zero-order valence-corrected chi connectivity index (χ0v) is 14.1. The summed E-state index contributed by atoms with van der Waals surface area (Å²) in [5.41, 5.74) is 2.19. The van der Waals surface area contributed by atoms with Gasteiger partial charge in [0.2, 0.25) is 5.95 Å². The SMILES string of the molecule is Cc1cc(Nc2ncn(-c3ccc(F)c(F)c3)n2)cc(OC(C)C)c1. The van der Waals surface area contributed by atoms with E-state index in [0.717, 1.165) is 29.1 Å². The second-order valence-electron chi connectivity index (χ2n) is 5.94. The van der Waals surface area contributed by atoms with Gasteiger partial charge in [-0.05, 0) is 50.6 Å². The maximum absolute atomic E-state index is 13.3. The zero-order chi connectivity index (χ0) is 18.0. The Hall–Kier alpha value is -2.96. The number of nitrogens with one attached hydrogen (secondary N) is 1. The van der Waals surface area contributed by atoms with Gasteiger partial charge in [-0.1, -0.05) is 0 Å². The first-order valence-electron chi connectivity index (χ1n) is 7.83. The minimum Gasteiger partial charge on any atom is -0.491 e. The van der Waals surface area contributed by atoms with E-state index in [-0.39, 0.29) is 6.10 Å². The maximum atomic E-state index is 13.3. The van der Waals surface area contributed by atoms with E-state index < -0.39 is 11.6 Å². The van der Waals surface area contributed by atoms with Crippen molar-refractivity contribution in [2.75, 3.05) is 5.32 Å². The Morgan fingerprint density at radius 1 is 1.08 bits per heavy atom. The van der Waals surface area contributed by atoms with Crippen molar-refractivity contribution < 1.29 is 13.5 Å². The Morgan fingerprint density at radius 2 is 1.88 bits per heavy atom. The van der Waals surface area contributed by atoms with E-state index in [1.54, 1.807) is 0 Å². The van der Waals surface area contributed by atoms with Gasteiger partial charge in [0.05, 0.1) is 11.8 Å². The van der Waals surface area contributed by atoms with Crippen LogP contribution >= 0.6 is 0 Å². The fraction of sp³-hybridized carbons (Fsp3) is 0.222. The first-order chi connectivity index (χ1) is 11.9. The summed E-state index contributed by atoms with van der Waals surface area (Å²) in [6, 6.07) is 9.28. The van der Waals surface area contributed by atoms with Gasteiger partial charge in [0.25, 0.3) is 0 Å². The third-order valence-corrected chi connectivity index (χ3v) is 3.34. The second-order valence-corrected chi connectivity index (χ2v) is 5.94. The summed E-state index contributed by atoms with van der Waals surface area (Å²) in [6.45, 7) is 5.88. The molecule has 0 spiro atoms. The van der Waals surface area contributed by atoms with E-state index in [4.69, 9.17) is 4.74 Å². The van der Waals surface area contributed by atoms with E-state index in [2.05, 4.69) is 15.4 Å². The molecule has 0 aliphatic carbocycles. The quantitative estimate of drug-likeness (QED) is 0.746. The predicted octanol–water partition coefficient (Wildman–Crippen LogP) is 4.38. The van der Waals surface area contributed by atoms with Crippen LogP contribution in [0.1, 0.15) is 19.4 Å². The lowest BCUT2D eigenvalue weighted by atomic mass is 10.2. The van der Waals surface area contributed by atoms with Crippen LogP contribution in [0.5, 0.6) is 5.75 Å². The number of aryl methyl sites for hydroxylation is 1. The first-order valence-corrected chi connectivity index (χ1v) is 7.83. The Kier molecular flexibility index (Phi) is 4.65. The highest BCUT2D eigenvalue weighted by molar-refractivity contribution is 5.57. The third-order valence-electron chi connectivity index (χ3n) is 3.34. The highest BCUT2D eigenvalue weighted by Crippen LogP contribution is 2.24. The van der Waals surface area contributed by atoms with Gasteiger partial charge in [-0.15, -0.1) is 5.10 Å². The lowest BCUT2D eigenvalue weighted by Crippen LogP contribution is -2.06. The molecule has 3 aromatic rings. The molecule has 1 aromatic heterocycles. The number of aromatic nitrogens is 3. The minimum atomic E-state index is -0.934. The summed E-state index contributed by atoms with van der Waals surface area (Å²) in [5, 5.41) is 7.31. The molecule has 25 heavy (non-hydrogen) atoms. The number of nitrogens with zero attached hydrogens (tertiary/aromatic N) is 3. The summed E-state index contributed by atoms with van der Waals surface area (Å²) < 4.78 is 33.5. The average molecular weight is 344 g/mol. The van der Waals surface area contributed by atoms with E-state index >= 15 is 0 Å². The topological polar surface area (TPSA) is 52.0 Å². The molecule has 7 heteroatoms. The number of hydrogen-bond donors (Lipinski definition) is 1. The van der Waals surface area contributed by atoms with Crippen molar-refractivity contribution >= 4 is 11.6 Å². The number of ether oxygens (including phenoxy) is 1. The molecule has 0 atom stereocenters. The van der Waals surface area contributed by atoms with Crippen LogP contribution in [0.25, 0.3) is 5.69 Å². The van der Waals surface area contributed by atoms with Crippen molar-refractivity contribution in [3.05, 3.63) is 59.9 Å². The molecule has 5 nitrogen and oxygen atoms in total. The van der Waals surface area contributed by atoms with Gasteiger partial charge in [0.1, 0.15) is 12.1 Å². The van der Waals surface area contributed by atoms with Crippen LogP contribution in [0.3, 0.4) is 0 Å². The third kappa shape index (κ3) is 4.12. The minimum absolute atomic E-state index is 0.0698. The highest BCUT2D eigenvalue weighted by atomic mass is 19.2. The maximum Gasteiger partial charge on any atom is 0.246 e. The summed E-state index contributed by atoms with van der Waals surface area (Å²) in [6.07, 6.45) is 1.50. The largest absolute Gasteiger partial charge is 0.491 e. The van der Waals surface area contributed by atoms with Crippen molar-refractivity contribution in [3.8, 4) is 11.4 Å². The molecule has 2 aromatic carbocycles. The van der Waals surface area contributed by atoms with Gasteiger partial charge in [0.15, 0.2) is 11.6 Å². The standard InChI is InChI=1S/C18H18F2N4O/c1-11(2)25-15-7-12(3)6-13(8-15)22-18-21-10-24(23-18)14-4-5-16(19)17(20)9-14/h4-11H,1-3H3,(H,22,23). The molecule has 0 radical (unpaired) electrons. The van der Waals surface area contributed by atoms with Gasteiger partial charge < -0.3 is 10.1 Å². The fourth-order valence-corrected chi connectivity index (χ4v) is 2.36. The van der Waals surface area contributed by atoms with Gasteiger partial charge in [-0.2, -0.15) is 4.98 Å². The number of halogens is 2. The molecule has 0 fully saturated rings. The van der Waals surface area contributed by atoms with Crippen LogP contribution < -0.4 is 10.1 Å². The van der Waals surface area contributed by atoms with E-state index in [1.807, 2.05) is 39.0 Å². The Balaban J connectivity index is 1.81. The van der Waals surface area contributed by atoms with E-state index in [1.165, 1.54) is 17.1 Å². The first kappa shape index (κ1) is 16.9. The normalized spacial score (nSPS) is 11.0. The molecule has 0 amide bonds. The fourth-order valence-electron chi connectivity index (χ4n) is 2.36. The molecular formula is C18H18F2N4O. The molecule has 0 saturated carbocycles. The van der Waals surface area contributed by atoms with Gasteiger partial charge >= 0.3 is 0 Å². The van der Waals surface area contributed by atoms with Crippen LogP contribution in [0.2, 0.25) is 0 Å². The Bertz CT molecular complexity index is 893. The van der Waals surface area contributed by atoms with Crippen LogP contribution in [0, 0.1) is 18.6 Å². The molecule has 0 unspecified atom stereocenters. The van der Waals surface area contributed by atoms with Crippen LogP contribution in [0.4, 0.5) is 20.4 Å². The van der Waals surface area contributed by atoms with E-state index in [0.29, 0.717) is 11.6 Å². The van der Waals surface area contributed by atoms with Crippen LogP contribution in [-0.2, 0) is 0 Å². The molecule has 130 valence electrons. The van der Waals surface area contributed by atoms with Crippen molar-refractivity contribution in [3.63, 3.8) is 0 Å². The van der Waals surface area contributed by atoms with Gasteiger partial charge in [-0.3, -0.25) is 0 Å². The van der Waals surface area contributed by atoms with Crippen LogP contribution in [-0.4, -0.2) is 20.9 Å². The van der Waals surface area contributed by atoms with Crippen molar-refractivity contribution in [2.24, 2.45) is 0 Å². The lowest BCUT2D eigenvalue weighted by molar-refractivity contribution is 0.242. The lowest BCUT2D eigenvalue weighted by Gasteiger charge is -2.12. The molecule has 0 bridgehead atoms. The monoisotopic (exact) mass is 344 g/mol. The number of hydrogen-bond acceptors (Lipinski definition) is 4. The summed E-state index contributed by atoms with van der Waals surface area (Å²) in [4.78, 5) is 4.14. The molecule has 0 aliphatic rings. The molecule has 1 N–H and O–H groups in total. The molecule has 0 aliphatic heterocycles. The number of anilines is 2. The smallest absolute Gasteiger partial charge is 0.246 e. The molecule has 1 heterocycles. The molecule has 0 saturated heterocycles. The Morgan fingerprint density at radius 3 is 2.60 bits per heavy atom. The second kappa shape index (κ2) is 6.88. The summed E-state index contributed by atoms with van der Waals surface area (Å²) in [7, 11) is 0. The molecule has 3 rings (SSSR count). The molecular weight excluding hydrogens is 326 g/mol. The van der Waals surface area contributed by atoms with Gasteiger partial charge in [-0.25, -0.2) is 13.5 Å². The number of benzene rings is 2. The van der Waals surface area contributed by atoms with Crippen LogP contribution in [0.15, 0.2) is 42.7 Å². The summed E-state index contributed by atoms with van der Waals surface area (Å²) >= 11 is 0. The van der Waals surface area contributed by atoms with Crippen molar-refractivity contribution in [2.45, 2.75) is 26.9 Å². The van der Waals surface area contributed by atoms with Crippen molar-refractivity contribution in [1.82, 2.24) is 14.8 Å². The van der Waals surface area contributed by atoms with Crippen molar-refractivity contribution in [1.29, 1.82) is 0 Å². The highest BCUT2D eigenvalue weighted by Gasteiger charge is 2.08. The Labute approximate surface area is 144 Å². The summed E-state index contributed by atoms with van der Waals surface area (Å²) in [5.74, 6) is -0.750. The van der Waals surface area contributed by atoms with Gasteiger partial charge in [0, 0.05) is 17.8 Å². The number of rotatable bonds is 5. The zero-order valence-electron chi connectivity index (χ0n) is 14.1.